The molecule has 2 N–H and O–H groups in total. The van der Waals surface area contributed by atoms with Gasteiger partial charge in [0.2, 0.25) is 0 Å². The third-order valence-corrected chi connectivity index (χ3v) is 5.69. The van der Waals surface area contributed by atoms with E-state index in [-0.39, 0.29) is 24.3 Å². The number of carbonyl (C=O) groups excluding carboxylic acids is 3. The smallest absolute Gasteiger partial charge is 0.337 e. The lowest BCUT2D eigenvalue weighted by molar-refractivity contribution is -0.155. The van der Waals surface area contributed by atoms with Crippen molar-refractivity contribution in [3.63, 3.8) is 0 Å². The van der Waals surface area contributed by atoms with E-state index in [1.165, 1.54) is 13.8 Å². The van der Waals surface area contributed by atoms with Gasteiger partial charge >= 0.3 is 17.9 Å². The van der Waals surface area contributed by atoms with E-state index in [4.69, 9.17) is 9.47 Å². The number of nitrogens with one attached hydrogen (secondary N) is 1. The standard InChI is InChI=1S/C15H14I3NO7/c1-6(20)25-5-8(26-7(2)21)4-19-14(22)11-9(16)3-10(17)12(13(11)18)15(23)24/h3,8H,4-5H2,1-2H3,(H,19,22)(H,23,24). The molecule has 0 aliphatic carbocycles. The zero-order chi connectivity index (χ0) is 20.0. The Hall–Kier alpha value is -0.710. The zero-order valence-corrected chi connectivity index (χ0v) is 20.1. The van der Waals surface area contributed by atoms with Crippen LogP contribution in [0.3, 0.4) is 0 Å². The van der Waals surface area contributed by atoms with Gasteiger partial charge in [-0.25, -0.2) is 4.79 Å². The summed E-state index contributed by atoms with van der Waals surface area (Å²) in [4.78, 5) is 46.0. The number of carboxylic acid groups (broad SMARTS) is 1. The van der Waals surface area contributed by atoms with E-state index in [1.54, 1.807) is 6.07 Å². The van der Waals surface area contributed by atoms with Crippen molar-refractivity contribution < 1.29 is 33.8 Å². The molecule has 8 nitrogen and oxygen atoms in total. The van der Waals surface area contributed by atoms with E-state index in [2.05, 4.69) is 5.32 Å². The first-order chi connectivity index (χ1) is 12.0. The van der Waals surface area contributed by atoms with Crippen LogP contribution >= 0.6 is 67.8 Å². The van der Waals surface area contributed by atoms with Gasteiger partial charge in [-0.3, -0.25) is 14.4 Å². The first kappa shape index (κ1) is 23.3. The van der Waals surface area contributed by atoms with Crippen LogP contribution in [0.25, 0.3) is 0 Å². The SMILES string of the molecule is CC(=O)OCC(CNC(=O)c1c(I)cc(I)c(C(=O)O)c1I)OC(C)=O. The Morgan fingerprint density at radius 2 is 1.65 bits per heavy atom. The van der Waals surface area contributed by atoms with Crippen molar-refractivity contribution in [1.29, 1.82) is 0 Å². The molecule has 0 heterocycles. The summed E-state index contributed by atoms with van der Waals surface area (Å²) in [6, 6.07) is 1.60. The number of hydrogen-bond donors (Lipinski definition) is 2. The molecule has 1 atom stereocenters. The van der Waals surface area contributed by atoms with Crippen molar-refractivity contribution in [3.05, 3.63) is 27.9 Å². The molecule has 1 rings (SSSR count). The molecule has 1 aromatic rings. The molecule has 0 aromatic heterocycles. The fourth-order valence-corrected chi connectivity index (χ4v) is 6.19. The highest BCUT2D eigenvalue weighted by Gasteiger charge is 2.24. The molecule has 0 spiro atoms. The maximum absolute atomic E-state index is 12.5. The van der Waals surface area contributed by atoms with Gasteiger partial charge < -0.3 is 19.9 Å². The Balaban J connectivity index is 2.98. The molecule has 0 fully saturated rings. The fourth-order valence-electron chi connectivity index (χ4n) is 1.87. The van der Waals surface area contributed by atoms with E-state index in [0.717, 1.165) is 0 Å². The highest BCUT2D eigenvalue weighted by molar-refractivity contribution is 14.1. The predicted octanol–water partition coefficient (Wildman–Crippen LogP) is 2.42. The first-order valence-electron chi connectivity index (χ1n) is 7.04. The van der Waals surface area contributed by atoms with Crippen LogP contribution in [-0.4, -0.2) is 48.2 Å². The van der Waals surface area contributed by atoms with Crippen LogP contribution in [0.5, 0.6) is 0 Å². The predicted molar refractivity (Wildman–Crippen MR) is 116 cm³/mol. The van der Waals surface area contributed by atoms with Gasteiger partial charge in [0.05, 0.1) is 17.7 Å². The van der Waals surface area contributed by atoms with E-state index < -0.39 is 29.9 Å². The summed E-state index contributed by atoms with van der Waals surface area (Å²) in [6.07, 6.45) is -0.849. The molecular formula is C15H14I3NO7. The Labute approximate surface area is 190 Å². The molecule has 11 heteroatoms. The quantitative estimate of drug-likeness (QED) is 0.332. The summed E-state index contributed by atoms with van der Waals surface area (Å²) in [5.74, 6) is -2.76. The fraction of sp³-hybridized carbons (Fsp3) is 0.333. The van der Waals surface area contributed by atoms with E-state index in [1.807, 2.05) is 67.8 Å². The van der Waals surface area contributed by atoms with Gasteiger partial charge in [0.25, 0.3) is 5.91 Å². The number of benzene rings is 1. The van der Waals surface area contributed by atoms with Gasteiger partial charge in [-0.05, 0) is 73.8 Å². The summed E-state index contributed by atoms with van der Waals surface area (Å²) in [5.41, 5.74) is 0.270. The van der Waals surface area contributed by atoms with E-state index in [0.29, 0.717) is 10.7 Å². The molecular weight excluding hydrogens is 687 g/mol. The Kier molecular flexibility index (Phi) is 9.49. The van der Waals surface area contributed by atoms with Gasteiger partial charge in [0.1, 0.15) is 6.61 Å². The zero-order valence-electron chi connectivity index (χ0n) is 13.6. The third kappa shape index (κ3) is 6.79. The second-order valence-corrected chi connectivity index (χ2v) is 8.36. The maximum Gasteiger partial charge on any atom is 0.337 e. The number of hydrogen-bond acceptors (Lipinski definition) is 6. The maximum atomic E-state index is 12.5. The highest BCUT2D eigenvalue weighted by Crippen LogP contribution is 2.27. The average Bonchev–Trinajstić information content (AvgIpc) is 2.48. The molecule has 0 saturated carbocycles. The molecule has 0 bridgehead atoms. The summed E-state index contributed by atoms with van der Waals surface area (Å²) in [5, 5.41) is 11.9. The summed E-state index contributed by atoms with van der Waals surface area (Å²) in [6.45, 7) is 2.13. The number of rotatable bonds is 7. The second kappa shape index (κ2) is 10.6. The van der Waals surface area contributed by atoms with E-state index >= 15 is 0 Å². The number of carboxylic acids is 1. The number of aromatic carboxylic acids is 1. The minimum absolute atomic E-state index is 0.0493. The largest absolute Gasteiger partial charge is 0.478 e. The lowest BCUT2D eigenvalue weighted by Crippen LogP contribution is -2.38. The van der Waals surface area contributed by atoms with Gasteiger partial charge in [0, 0.05) is 24.6 Å². The van der Waals surface area contributed by atoms with Crippen molar-refractivity contribution in [1.82, 2.24) is 5.32 Å². The Bertz CT molecular complexity index is 751. The molecule has 26 heavy (non-hydrogen) atoms. The van der Waals surface area contributed by atoms with Crippen molar-refractivity contribution in [2.45, 2.75) is 20.0 Å². The van der Waals surface area contributed by atoms with Gasteiger partial charge in [-0.2, -0.15) is 0 Å². The van der Waals surface area contributed by atoms with Gasteiger partial charge in [-0.15, -0.1) is 0 Å². The summed E-state index contributed by atoms with van der Waals surface area (Å²) >= 11 is 5.67. The molecule has 1 aromatic carbocycles. The number of esters is 2. The lowest BCUT2D eigenvalue weighted by Gasteiger charge is -2.18. The van der Waals surface area contributed by atoms with Crippen molar-refractivity contribution in [3.8, 4) is 0 Å². The summed E-state index contributed by atoms with van der Waals surface area (Å²) in [7, 11) is 0. The Morgan fingerprint density at radius 1 is 1.08 bits per heavy atom. The van der Waals surface area contributed by atoms with Gasteiger partial charge in [-0.1, -0.05) is 0 Å². The Morgan fingerprint density at radius 3 is 2.15 bits per heavy atom. The van der Waals surface area contributed by atoms with Crippen LogP contribution in [0.15, 0.2) is 6.07 Å². The van der Waals surface area contributed by atoms with Gasteiger partial charge in [0.15, 0.2) is 6.10 Å². The van der Waals surface area contributed by atoms with Crippen LogP contribution in [0.2, 0.25) is 0 Å². The molecule has 0 aliphatic rings. The second-order valence-electron chi connectivity index (χ2n) is 4.95. The van der Waals surface area contributed by atoms with Crippen LogP contribution in [-0.2, 0) is 19.1 Å². The minimum Gasteiger partial charge on any atom is -0.478 e. The number of amides is 1. The van der Waals surface area contributed by atoms with Crippen molar-refractivity contribution in [2.75, 3.05) is 13.2 Å². The van der Waals surface area contributed by atoms with Crippen molar-refractivity contribution in [2.24, 2.45) is 0 Å². The average molecular weight is 701 g/mol. The van der Waals surface area contributed by atoms with E-state index in [9.17, 15) is 24.3 Å². The lowest BCUT2D eigenvalue weighted by atomic mass is 10.1. The molecule has 0 aliphatic heterocycles. The normalized spacial score (nSPS) is 11.4. The highest BCUT2D eigenvalue weighted by atomic mass is 127. The van der Waals surface area contributed by atoms with Crippen LogP contribution in [0, 0.1) is 10.7 Å². The summed E-state index contributed by atoms with van der Waals surface area (Å²) < 4.78 is 11.2. The number of halogens is 3. The molecule has 1 amide bonds. The minimum atomic E-state index is -1.13. The van der Waals surface area contributed by atoms with Crippen molar-refractivity contribution >= 4 is 91.6 Å². The molecule has 1 unspecified atom stereocenters. The number of ether oxygens (including phenoxy) is 2. The first-order valence-corrected chi connectivity index (χ1v) is 10.3. The molecule has 0 radical (unpaired) electrons. The number of carbonyl (C=O) groups is 4. The molecule has 0 saturated heterocycles. The third-order valence-electron chi connectivity index (χ3n) is 2.91. The molecule has 142 valence electrons. The monoisotopic (exact) mass is 701 g/mol. The topological polar surface area (TPSA) is 119 Å². The van der Waals surface area contributed by atoms with Crippen LogP contribution < -0.4 is 5.32 Å². The van der Waals surface area contributed by atoms with Crippen LogP contribution in [0.1, 0.15) is 34.6 Å². The van der Waals surface area contributed by atoms with Crippen LogP contribution in [0.4, 0.5) is 0 Å².